The van der Waals surface area contributed by atoms with Crippen LogP contribution in [-0.2, 0) is 16.7 Å². The standard InChI is InChI=1S/C19H16F3N3O3S2/c20-19(21,22)10-5-2-1-4-9(10)8-29-18-12(15(23)26)13-14(30-18)17(28)25-7-3-6-11(25)16(27)24-13/h1-2,4-5,11H,3,6-8H2,(H2,23,26)(H,24,27)/t11-/m1/s1. The van der Waals surface area contributed by atoms with Crippen LogP contribution in [0.15, 0.2) is 28.5 Å². The van der Waals surface area contributed by atoms with Crippen molar-refractivity contribution in [2.24, 2.45) is 5.73 Å². The van der Waals surface area contributed by atoms with Gasteiger partial charge < -0.3 is 16.0 Å². The summed E-state index contributed by atoms with van der Waals surface area (Å²) in [7, 11) is 0. The van der Waals surface area contributed by atoms with Gasteiger partial charge >= 0.3 is 6.18 Å². The smallest absolute Gasteiger partial charge is 0.365 e. The number of rotatable bonds is 4. The van der Waals surface area contributed by atoms with Gasteiger partial charge in [-0.25, -0.2) is 0 Å². The van der Waals surface area contributed by atoms with Crippen LogP contribution in [0.2, 0.25) is 0 Å². The third-order valence-electron chi connectivity index (χ3n) is 5.06. The summed E-state index contributed by atoms with van der Waals surface area (Å²) in [5.41, 5.74) is 4.81. The van der Waals surface area contributed by atoms with Crippen molar-refractivity contribution in [1.82, 2.24) is 4.90 Å². The van der Waals surface area contributed by atoms with Gasteiger partial charge in [0.25, 0.3) is 11.8 Å². The highest BCUT2D eigenvalue weighted by Crippen LogP contribution is 2.44. The molecule has 2 aliphatic heterocycles. The summed E-state index contributed by atoms with van der Waals surface area (Å²) in [6.07, 6.45) is -3.28. The summed E-state index contributed by atoms with van der Waals surface area (Å²) in [5, 5.41) is 2.64. The van der Waals surface area contributed by atoms with E-state index in [1.165, 1.54) is 23.1 Å². The highest BCUT2D eigenvalue weighted by molar-refractivity contribution is 8.00. The molecule has 1 saturated heterocycles. The Hall–Kier alpha value is -2.53. The molecule has 3 amide bonds. The number of carbonyl (C=O) groups excluding carboxylic acids is 3. The van der Waals surface area contributed by atoms with Gasteiger partial charge in [-0.05, 0) is 24.5 Å². The molecule has 1 aromatic carbocycles. The molecular weight excluding hydrogens is 439 g/mol. The fourth-order valence-corrected chi connectivity index (χ4v) is 6.19. The first-order chi connectivity index (χ1) is 14.2. The Morgan fingerprint density at radius 3 is 2.73 bits per heavy atom. The number of nitrogens with two attached hydrogens (primary N) is 1. The van der Waals surface area contributed by atoms with E-state index < -0.39 is 23.7 Å². The second-order valence-corrected chi connectivity index (χ2v) is 9.19. The van der Waals surface area contributed by atoms with Crippen molar-refractivity contribution >= 4 is 46.5 Å². The Morgan fingerprint density at radius 2 is 2.03 bits per heavy atom. The quantitative estimate of drug-likeness (QED) is 0.688. The van der Waals surface area contributed by atoms with E-state index >= 15 is 0 Å². The average molecular weight is 455 g/mol. The van der Waals surface area contributed by atoms with E-state index in [0.717, 1.165) is 29.2 Å². The zero-order chi connectivity index (χ0) is 21.6. The summed E-state index contributed by atoms with van der Waals surface area (Å²) >= 11 is 1.95. The maximum Gasteiger partial charge on any atom is 0.416 e. The summed E-state index contributed by atoms with van der Waals surface area (Å²) in [6.45, 7) is 0.432. The molecule has 11 heteroatoms. The van der Waals surface area contributed by atoms with E-state index in [9.17, 15) is 27.6 Å². The molecule has 1 fully saturated rings. The molecule has 4 rings (SSSR count). The number of benzene rings is 1. The molecule has 0 aliphatic carbocycles. The molecule has 158 valence electrons. The predicted molar refractivity (Wildman–Crippen MR) is 107 cm³/mol. The van der Waals surface area contributed by atoms with Crippen LogP contribution in [0.5, 0.6) is 0 Å². The van der Waals surface area contributed by atoms with Crippen molar-refractivity contribution < 1.29 is 27.6 Å². The Morgan fingerprint density at radius 1 is 1.30 bits per heavy atom. The highest BCUT2D eigenvalue weighted by Gasteiger charge is 2.41. The number of thiophene rings is 1. The number of hydrogen-bond acceptors (Lipinski definition) is 5. The predicted octanol–water partition coefficient (Wildman–Crippen LogP) is 3.71. The Balaban J connectivity index is 1.70. The number of thioether (sulfide) groups is 1. The molecule has 0 spiro atoms. The topological polar surface area (TPSA) is 92.5 Å². The van der Waals surface area contributed by atoms with E-state index in [1.807, 2.05) is 0 Å². The molecule has 6 nitrogen and oxygen atoms in total. The van der Waals surface area contributed by atoms with Crippen molar-refractivity contribution in [1.29, 1.82) is 0 Å². The Kier molecular flexibility index (Phi) is 5.27. The maximum atomic E-state index is 13.3. The van der Waals surface area contributed by atoms with Gasteiger partial charge in [-0.15, -0.1) is 23.1 Å². The minimum atomic E-state index is -4.51. The molecule has 0 radical (unpaired) electrons. The molecule has 0 unspecified atom stereocenters. The van der Waals surface area contributed by atoms with E-state index in [4.69, 9.17) is 5.73 Å². The average Bonchev–Trinajstić information content (AvgIpc) is 3.28. The second kappa shape index (κ2) is 7.62. The number of hydrogen-bond donors (Lipinski definition) is 2. The first kappa shape index (κ1) is 20.7. The summed E-state index contributed by atoms with van der Waals surface area (Å²) < 4.78 is 40.1. The summed E-state index contributed by atoms with van der Waals surface area (Å²) in [4.78, 5) is 39.3. The third kappa shape index (κ3) is 3.56. The molecule has 3 N–H and O–H groups in total. The normalized spacial score (nSPS) is 18.6. The van der Waals surface area contributed by atoms with Gasteiger partial charge in [0.2, 0.25) is 5.91 Å². The van der Waals surface area contributed by atoms with Crippen LogP contribution in [0.1, 0.15) is 44.0 Å². The molecule has 2 aliphatic rings. The number of primary amides is 1. The van der Waals surface area contributed by atoms with Gasteiger partial charge in [0.1, 0.15) is 10.9 Å². The summed E-state index contributed by atoms with van der Waals surface area (Å²) in [5.74, 6) is -1.70. The van der Waals surface area contributed by atoms with Gasteiger partial charge in [0.05, 0.1) is 21.0 Å². The fourth-order valence-electron chi connectivity index (χ4n) is 3.69. The lowest BCUT2D eigenvalue weighted by molar-refractivity contribution is -0.138. The van der Waals surface area contributed by atoms with E-state index in [-0.39, 0.29) is 39.3 Å². The van der Waals surface area contributed by atoms with Crippen LogP contribution in [0, 0.1) is 0 Å². The molecule has 1 aromatic heterocycles. The third-order valence-corrected chi connectivity index (χ3v) is 7.56. The van der Waals surface area contributed by atoms with Crippen LogP contribution in [0.4, 0.5) is 18.9 Å². The minimum Gasteiger partial charge on any atom is -0.365 e. The monoisotopic (exact) mass is 455 g/mol. The molecular formula is C19H16F3N3O3S2. The minimum absolute atomic E-state index is 0.0348. The Labute approximate surface area is 177 Å². The van der Waals surface area contributed by atoms with E-state index in [2.05, 4.69) is 5.32 Å². The number of nitrogens with zero attached hydrogens (tertiary/aromatic N) is 1. The number of carbonyl (C=O) groups is 3. The van der Waals surface area contributed by atoms with Crippen molar-refractivity contribution in [3.05, 3.63) is 45.8 Å². The van der Waals surface area contributed by atoms with Gasteiger partial charge in [0.15, 0.2) is 0 Å². The molecule has 2 aromatic rings. The lowest BCUT2D eigenvalue weighted by Crippen LogP contribution is -2.40. The molecule has 30 heavy (non-hydrogen) atoms. The van der Waals surface area contributed by atoms with Crippen molar-refractivity contribution in [3.63, 3.8) is 0 Å². The molecule has 0 bridgehead atoms. The van der Waals surface area contributed by atoms with Crippen LogP contribution < -0.4 is 11.1 Å². The zero-order valence-electron chi connectivity index (χ0n) is 15.4. The first-order valence-corrected chi connectivity index (χ1v) is 10.8. The summed E-state index contributed by atoms with van der Waals surface area (Å²) in [6, 6.07) is 4.57. The highest BCUT2D eigenvalue weighted by atomic mass is 32.2. The lowest BCUT2D eigenvalue weighted by Gasteiger charge is -2.19. The number of anilines is 1. The van der Waals surface area contributed by atoms with Gasteiger partial charge in [-0.1, -0.05) is 18.2 Å². The second-order valence-electron chi connectivity index (χ2n) is 6.92. The van der Waals surface area contributed by atoms with Gasteiger partial charge in [-0.2, -0.15) is 13.2 Å². The number of fused-ring (bicyclic) bond motifs is 2. The number of alkyl halides is 3. The van der Waals surface area contributed by atoms with Gasteiger partial charge in [0, 0.05) is 12.3 Å². The fraction of sp³-hybridized carbons (Fsp3) is 0.316. The van der Waals surface area contributed by atoms with Crippen molar-refractivity contribution in [2.75, 3.05) is 11.9 Å². The lowest BCUT2D eigenvalue weighted by atomic mass is 10.1. The zero-order valence-corrected chi connectivity index (χ0v) is 17.0. The van der Waals surface area contributed by atoms with Gasteiger partial charge in [-0.3, -0.25) is 14.4 Å². The number of amides is 3. The van der Waals surface area contributed by atoms with Crippen molar-refractivity contribution in [3.8, 4) is 0 Å². The van der Waals surface area contributed by atoms with Crippen LogP contribution in [0.25, 0.3) is 0 Å². The SMILES string of the molecule is NC(=O)c1c(SCc2ccccc2C(F)(F)F)sc2c1NC(=O)[C@H]1CCCN1C2=O. The van der Waals surface area contributed by atoms with Crippen LogP contribution >= 0.6 is 23.1 Å². The van der Waals surface area contributed by atoms with Crippen LogP contribution in [0.3, 0.4) is 0 Å². The van der Waals surface area contributed by atoms with Crippen LogP contribution in [-0.4, -0.2) is 35.2 Å². The first-order valence-electron chi connectivity index (χ1n) is 9.04. The number of nitrogens with one attached hydrogen (secondary N) is 1. The molecule has 1 atom stereocenters. The van der Waals surface area contributed by atoms with Crippen molar-refractivity contribution in [2.45, 2.75) is 35.0 Å². The molecule has 0 saturated carbocycles. The maximum absolute atomic E-state index is 13.3. The Bertz CT molecular complexity index is 1050. The molecule has 3 heterocycles. The van der Waals surface area contributed by atoms with E-state index in [0.29, 0.717) is 23.6 Å². The number of halogens is 3. The largest absolute Gasteiger partial charge is 0.416 e. The van der Waals surface area contributed by atoms with E-state index in [1.54, 1.807) is 0 Å².